The lowest BCUT2D eigenvalue weighted by molar-refractivity contribution is -0.122. The van der Waals surface area contributed by atoms with Gasteiger partial charge in [-0.1, -0.05) is 18.2 Å². The van der Waals surface area contributed by atoms with Gasteiger partial charge in [0, 0.05) is 48.2 Å². The molecule has 2 aliphatic heterocycles. The Bertz CT molecular complexity index is 1720. The van der Waals surface area contributed by atoms with Crippen molar-refractivity contribution in [3.05, 3.63) is 70.9 Å². The maximum atomic E-state index is 13.2. The Kier molecular flexibility index (Phi) is 4.22. The first-order valence-corrected chi connectivity index (χ1v) is 12.1. The average molecular weight is 482 g/mol. The maximum absolute atomic E-state index is 13.2. The van der Waals surface area contributed by atoms with Crippen LogP contribution >= 0.6 is 11.3 Å². The first-order chi connectivity index (χ1) is 17.1. The SMILES string of the molecule is Cn1cnc2c1CCN(c1nc(C3=C(c4c[nH]c5sccc45)C(=O)NC3=O)c3ccccc3n1)C2. The number of imide groups is 1. The molecule has 2 aliphatic rings. The molecule has 7 rings (SSSR count). The van der Waals surface area contributed by atoms with E-state index in [4.69, 9.17) is 9.97 Å². The highest BCUT2D eigenvalue weighted by molar-refractivity contribution is 7.16. The molecule has 0 saturated carbocycles. The van der Waals surface area contributed by atoms with E-state index in [1.165, 1.54) is 5.69 Å². The van der Waals surface area contributed by atoms with Crippen LogP contribution < -0.4 is 10.2 Å². The summed E-state index contributed by atoms with van der Waals surface area (Å²) in [6.07, 6.45) is 4.43. The summed E-state index contributed by atoms with van der Waals surface area (Å²) < 4.78 is 2.05. The van der Waals surface area contributed by atoms with Gasteiger partial charge in [0.05, 0.1) is 40.9 Å². The number of hydrogen-bond donors (Lipinski definition) is 2. The summed E-state index contributed by atoms with van der Waals surface area (Å²) in [6.45, 7) is 1.31. The number of para-hydroxylation sites is 1. The molecule has 4 aromatic heterocycles. The fourth-order valence-electron chi connectivity index (χ4n) is 5.02. The molecule has 6 heterocycles. The lowest BCUT2D eigenvalue weighted by Gasteiger charge is -2.27. The molecule has 1 aromatic carbocycles. The standard InChI is InChI=1S/C25H19N7O2S/c1-31-12-27-17-11-32(8-6-18(17)31)25-28-16-5-3-2-4-14(16)21(29-25)20-19(22(33)30-23(20)34)15-10-26-24-13(15)7-9-35-24/h2-5,7,9-10,12,26H,6,8,11H2,1H3,(H,30,33,34). The first-order valence-electron chi connectivity index (χ1n) is 11.2. The molecule has 0 fully saturated rings. The molecule has 0 saturated heterocycles. The van der Waals surface area contributed by atoms with E-state index in [0.29, 0.717) is 34.8 Å². The number of aromatic nitrogens is 5. The van der Waals surface area contributed by atoms with Gasteiger partial charge in [-0.05, 0) is 17.5 Å². The molecule has 172 valence electrons. The van der Waals surface area contributed by atoms with Crippen LogP contribution in [0.5, 0.6) is 0 Å². The van der Waals surface area contributed by atoms with Gasteiger partial charge in [0.2, 0.25) is 5.95 Å². The molecule has 2 amide bonds. The van der Waals surface area contributed by atoms with E-state index in [2.05, 4.69) is 20.2 Å². The molecule has 9 nitrogen and oxygen atoms in total. The van der Waals surface area contributed by atoms with E-state index in [1.807, 2.05) is 53.7 Å². The van der Waals surface area contributed by atoms with Gasteiger partial charge >= 0.3 is 0 Å². The maximum Gasteiger partial charge on any atom is 0.261 e. The Morgan fingerprint density at radius 2 is 1.89 bits per heavy atom. The van der Waals surface area contributed by atoms with Crippen molar-refractivity contribution in [2.45, 2.75) is 13.0 Å². The highest BCUT2D eigenvalue weighted by Gasteiger charge is 2.36. The summed E-state index contributed by atoms with van der Waals surface area (Å²) >= 11 is 1.55. The summed E-state index contributed by atoms with van der Waals surface area (Å²) in [5.41, 5.74) is 4.68. The highest BCUT2D eigenvalue weighted by Crippen LogP contribution is 2.38. The van der Waals surface area contributed by atoms with Crippen LogP contribution in [0.3, 0.4) is 0 Å². The van der Waals surface area contributed by atoms with E-state index in [1.54, 1.807) is 17.5 Å². The topological polar surface area (TPSA) is 109 Å². The zero-order valence-electron chi connectivity index (χ0n) is 18.7. The molecule has 0 aliphatic carbocycles. The Labute approximate surface area is 203 Å². The lowest BCUT2D eigenvalue weighted by atomic mass is 9.97. The largest absolute Gasteiger partial charge is 0.352 e. The third-order valence-corrected chi connectivity index (χ3v) is 7.57. The van der Waals surface area contributed by atoms with Crippen molar-refractivity contribution >= 4 is 61.4 Å². The number of carbonyl (C=O) groups excluding carboxylic acids is 2. The fraction of sp³-hybridized carbons (Fsp3) is 0.160. The third-order valence-electron chi connectivity index (χ3n) is 6.72. The van der Waals surface area contributed by atoms with Crippen LogP contribution in [0.15, 0.2) is 48.2 Å². The summed E-state index contributed by atoms with van der Waals surface area (Å²) in [6, 6.07) is 9.54. The second-order valence-corrected chi connectivity index (χ2v) is 9.62. The zero-order valence-corrected chi connectivity index (χ0v) is 19.5. The highest BCUT2D eigenvalue weighted by atomic mass is 32.1. The van der Waals surface area contributed by atoms with Crippen LogP contribution in [0.2, 0.25) is 0 Å². The molecule has 2 N–H and O–H groups in total. The van der Waals surface area contributed by atoms with Gasteiger partial charge in [0.15, 0.2) is 0 Å². The van der Waals surface area contributed by atoms with Crippen LogP contribution in [0.25, 0.3) is 32.3 Å². The van der Waals surface area contributed by atoms with Gasteiger partial charge in [-0.3, -0.25) is 14.9 Å². The van der Waals surface area contributed by atoms with Crippen LogP contribution in [0.1, 0.15) is 22.6 Å². The number of aryl methyl sites for hydroxylation is 1. The number of nitrogens with zero attached hydrogens (tertiary/aromatic N) is 5. The van der Waals surface area contributed by atoms with E-state index < -0.39 is 11.8 Å². The molecule has 10 heteroatoms. The molecule has 0 atom stereocenters. The number of aromatic amines is 1. The number of rotatable bonds is 3. The number of fused-ring (bicyclic) bond motifs is 3. The van der Waals surface area contributed by atoms with Crippen LogP contribution in [-0.2, 0) is 29.6 Å². The predicted molar refractivity (Wildman–Crippen MR) is 134 cm³/mol. The van der Waals surface area contributed by atoms with Crippen molar-refractivity contribution in [2.75, 3.05) is 11.4 Å². The number of carbonyl (C=O) groups is 2. The Balaban J connectivity index is 1.45. The Morgan fingerprint density at radius 1 is 1.03 bits per heavy atom. The summed E-state index contributed by atoms with van der Waals surface area (Å²) in [5.74, 6) is -0.351. The second-order valence-electron chi connectivity index (χ2n) is 8.71. The zero-order chi connectivity index (χ0) is 23.7. The second kappa shape index (κ2) is 7.34. The van der Waals surface area contributed by atoms with Gasteiger partial charge in [-0.2, -0.15) is 0 Å². The minimum absolute atomic E-state index is 0.275. The summed E-state index contributed by atoms with van der Waals surface area (Å²) in [7, 11) is 2.00. The fourth-order valence-corrected chi connectivity index (χ4v) is 5.79. The minimum Gasteiger partial charge on any atom is -0.352 e. The molecule has 0 spiro atoms. The molecular formula is C25H19N7O2S. The number of anilines is 1. The van der Waals surface area contributed by atoms with Crippen molar-refractivity contribution in [1.29, 1.82) is 0 Å². The van der Waals surface area contributed by atoms with Crippen molar-refractivity contribution in [2.24, 2.45) is 7.05 Å². The van der Waals surface area contributed by atoms with Crippen molar-refractivity contribution in [3.8, 4) is 0 Å². The number of thiophene rings is 1. The summed E-state index contributed by atoms with van der Waals surface area (Å²) in [4.78, 5) is 46.7. The van der Waals surface area contributed by atoms with Crippen LogP contribution in [0.4, 0.5) is 5.95 Å². The van der Waals surface area contributed by atoms with Crippen LogP contribution in [-0.4, -0.2) is 42.9 Å². The van der Waals surface area contributed by atoms with Crippen molar-refractivity contribution in [3.63, 3.8) is 0 Å². The van der Waals surface area contributed by atoms with Gasteiger partial charge in [0.1, 0.15) is 4.83 Å². The smallest absolute Gasteiger partial charge is 0.261 e. The molecule has 5 aromatic rings. The van der Waals surface area contributed by atoms with E-state index in [0.717, 1.165) is 34.3 Å². The molecule has 35 heavy (non-hydrogen) atoms. The number of H-pyrrole nitrogens is 1. The number of nitrogens with one attached hydrogen (secondary N) is 2. The van der Waals surface area contributed by atoms with E-state index in [9.17, 15) is 9.59 Å². The number of imidazole rings is 1. The normalized spacial score (nSPS) is 16.0. The van der Waals surface area contributed by atoms with Crippen molar-refractivity contribution < 1.29 is 9.59 Å². The van der Waals surface area contributed by atoms with Gasteiger partial charge < -0.3 is 14.5 Å². The van der Waals surface area contributed by atoms with Crippen LogP contribution in [0, 0.1) is 0 Å². The predicted octanol–water partition coefficient (Wildman–Crippen LogP) is 3.04. The molecule has 0 bridgehead atoms. The quantitative estimate of drug-likeness (QED) is 0.384. The van der Waals surface area contributed by atoms with Gasteiger partial charge in [-0.15, -0.1) is 11.3 Å². The number of amides is 2. The van der Waals surface area contributed by atoms with E-state index in [-0.39, 0.29) is 5.57 Å². The third kappa shape index (κ3) is 2.96. The number of hydrogen-bond acceptors (Lipinski definition) is 7. The molecule has 0 radical (unpaired) electrons. The minimum atomic E-state index is -0.449. The van der Waals surface area contributed by atoms with Crippen molar-refractivity contribution in [1.82, 2.24) is 29.8 Å². The lowest BCUT2D eigenvalue weighted by Crippen LogP contribution is -2.32. The number of benzene rings is 1. The Morgan fingerprint density at radius 3 is 2.80 bits per heavy atom. The Hall–Kier alpha value is -4.31. The molecular weight excluding hydrogens is 462 g/mol. The van der Waals surface area contributed by atoms with Gasteiger partial charge in [0.25, 0.3) is 11.8 Å². The first kappa shape index (κ1) is 20.1. The summed E-state index contributed by atoms with van der Waals surface area (Å²) in [5, 5.41) is 6.08. The average Bonchev–Trinajstić information content (AvgIpc) is 3.63. The monoisotopic (exact) mass is 481 g/mol. The van der Waals surface area contributed by atoms with E-state index >= 15 is 0 Å². The molecule has 0 unspecified atom stereocenters. The van der Waals surface area contributed by atoms with Gasteiger partial charge in [-0.25, -0.2) is 15.0 Å².